The maximum atomic E-state index is 11.8. The van der Waals surface area contributed by atoms with Crippen LogP contribution in [0.2, 0.25) is 5.02 Å². The monoisotopic (exact) mass is 651 g/mol. The zero-order valence-electron chi connectivity index (χ0n) is 26.7. The molecular formula is C38H38ClN3O5. The van der Waals surface area contributed by atoms with Gasteiger partial charge in [0.2, 0.25) is 0 Å². The van der Waals surface area contributed by atoms with E-state index in [2.05, 4.69) is 41.9 Å². The van der Waals surface area contributed by atoms with Crippen molar-refractivity contribution in [2.75, 3.05) is 26.2 Å². The molecule has 9 heteroatoms. The average molecular weight is 652 g/mol. The number of halogens is 1. The van der Waals surface area contributed by atoms with Crippen molar-refractivity contribution in [2.24, 2.45) is 0 Å². The van der Waals surface area contributed by atoms with E-state index in [-0.39, 0.29) is 13.2 Å². The summed E-state index contributed by atoms with van der Waals surface area (Å²) in [6.45, 7) is 8.36. The Labute approximate surface area is 280 Å². The SMILES string of the molecule is Cc1c(COc2cc(OCc3cncc(C#N)c3)c(C=O)cc2Cl)cccc1-c1cccc(OCCCN2C[C@H]3CC[C@@H](C2)O3)c1C. The molecule has 2 fully saturated rings. The molecule has 2 saturated heterocycles. The zero-order chi connectivity index (χ0) is 32.8. The summed E-state index contributed by atoms with van der Waals surface area (Å²) in [4.78, 5) is 18.3. The first-order chi connectivity index (χ1) is 22.9. The third kappa shape index (κ3) is 7.77. The van der Waals surface area contributed by atoms with E-state index in [9.17, 15) is 4.79 Å². The van der Waals surface area contributed by atoms with E-state index >= 15 is 0 Å². The number of aromatic nitrogens is 1. The Balaban J connectivity index is 1.10. The number of hydrogen-bond acceptors (Lipinski definition) is 8. The minimum atomic E-state index is 0.127. The van der Waals surface area contributed by atoms with Gasteiger partial charge in [0.15, 0.2) is 6.29 Å². The highest BCUT2D eigenvalue weighted by atomic mass is 35.5. The van der Waals surface area contributed by atoms with Crippen LogP contribution in [0.25, 0.3) is 11.1 Å². The minimum Gasteiger partial charge on any atom is -0.493 e. The lowest BCUT2D eigenvalue weighted by atomic mass is 9.93. The summed E-state index contributed by atoms with van der Waals surface area (Å²) >= 11 is 6.51. The van der Waals surface area contributed by atoms with Gasteiger partial charge < -0.3 is 18.9 Å². The predicted octanol–water partition coefficient (Wildman–Crippen LogP) is 7.49. The van der Waals surface area contributed by atoms with Gasteiger partial charge >= 0.3 is 0 Å². The lowest BCUT2D eigenvalue weighted by Gasteiger charge is -2.31. The molecule has 0 unspecified atom stereocenters. The highest BCUT2D eigenvalue weighted by Gasteiger charge is 2.33. The Kier molecular flexibility index (Phi) is 10.4. The maximum Gasteiger partial charge on any atom is 0.153 e. The first-order valence-electron chi connectivity index (χ1n) is 16.0. The number of carbonyl (C=O) groups is 1. The van der Waals surface area contributed by atoms with Gasteiger partial charge in [-0.25, -0.2) is 0 Å². The van der Waals surface area contributed by atoms with E-state index in [1.807, 2.05) is 24.3 Å². The van der Waals surface area contributed by atoms with Crippen LogP contribution in [0.3, 0.4) is 0 Å². The molecule has 3 aromatic carbocycles. The number of nitriles is 1. The fraction of sp³-hybridized carbons (Fsp3) is 0.342. The van der Waals surface area contributed by atoms with E-state index < -0.39 is 0 Å². The van der Waals surface area contributed by atoms with Gasteiger partial charge in [-0.1, -0.05) is 41.9 Å². The normalized spacial score (nSPS) is 17.2. The Morgan fingerprint density at radius 1 is 0.936 bits per heavy atom. The molecule has 2 bridgehead atoms. The van der Waals surface area contributed by atoms with Crippen LogP contribution in [0, 0.1) is 25.2 Å². The van der Waals surface area contributed by atoms with Crippen LogP contribution in [0.1, 0.15) is 57.4 Å². The molecule has 2 aliphatic rings. The molecule has 0 amide bonds. The van der Waals surface area contributed by atoms with Gasteiger partial charge in [0, 0.05) is 43.7 Å². The average Bonchev–Trinajstić information content (AvgIpc) is 3.43. The molecule has 0 aliphatic carbocycles. The minimum absolute atomic E-state index is 0.127. The Morgan fingerprint density at radius 2 is 1.68 bits per heavy atom. The summed E-state index contributed by atoms with van der Waals surface area (Å²) in [5.41, 5.74) is 6.86. The van der Waals surface area contributed by atoms with Crippen molar-refractivity contribution < 1.29 is 23.7 Å². The van der Waals surface area contributed by atoms with Gasteiger partial charge in [0.25, 0.3) is 0 Å². The molecule has 4 aromatic rings. The van der Waals surface area contributed by atoms with Crippen molar-refractivity contribution in [3.8, 4) is 34.4 Å². The summed E-state index contributed by atoms with van der Waals surface area (Å²) in [6, 6.07) is 19.3. The molecule has 0 spiro atoms. The summed E-state index contributed by atoms with van der Waals surface area (Å²) < 4.78 is 24.4. The van der Waals surface area contributed by atoms with Gasteiger partial charge in [-0.2, -0.15) is 5.26 Å². The molecule has 242 valence electrons. The van der Waals surface area contributed by atoms with E-state index in [1.54, 1.807) is 18.3 Å². The lowest BCUT2D eigenvalue weighted by Crippen LogP contribution is -2.43. The predicted molar refractivity (Wildman–Crippen MR) is 180 cm³/mol. The number of rotatable bonds is 13. The van der Waals surface area contributed by atoms with Crippen molar-refractivity contribution in [1.29, 1.82) is 5.26 Å². The number of morpholine rings is 1. The van der Waals surface area contributed by atoms with E-state index in [0.717, 1.165) is 59.6 Å². The van der Waals surface area contributed by atoms with Gasteiger partial charge in [0.05, 0.1) is 35.0 Å². The number of fused-ring (bicyclic) bond motifs is 2. The van der Waals surface area contributed by atoms with Crippen LogP contribution < -0.4 is 14.2 Å². The molecule has 3 heterocycles. The van der Waals surface area contributed by atoms with Crippen LogP contribution in [0.5, 0.6) is 17.2 Å². The smallest absolute Gasteiger partial charge is 0.153 e. The highest BCUT2D eigenvalue weighted by molar-refractivity contribution is 6.32. The zero-order valence-corrected chi connectivity index (χ0v) is 27.5. The van der Waals surface area contributed by atoms with Crippen LogP contribution in [0.4, 0.5) is 0 Å². The number of benzene rings is 3. The number of nitrogens with zero attached hydrogens (tertiary/aromatic N) is 3. The molecule has 8 nitrogen and oxygen atoms in total. The van der Waals surface area contributed by atoms with Crippen LogP contribution >= 0.6 is 11.6 Å². The second kappa shape index (κ2) is 15.0. The number of pyridine rings is 1. The fourth-order valence-electron chi connectivity index (χ4n) is 6.37. The summed E-state index contributed by atoms with van der Waals surface area (Å²) in [5, 5.41) is 9.46. The third-order valence-corrected chi connectivity index (χ3v) is 9.20. The maximum absolute atomic E-state index is 11.8. The van der Waals surface area contributed by atoms with Crippen LogP contribution in [0.15, 0.2) is 67.0 Å². The number of likely N-dealkylation sites (tertiary alicyclic amines) is 1. The van der Waals surface area contributed by atoms with Gasteiger partial charge in [-0.3, -0.25) is 14.7 Å². The Bertz CT molecular complexity index is 1780. The molecule has 2 aliphatic heterocycles. The largest absolute Gasteiger partial charge is 0.493 e. The number of ether oxygens (including phenoxy) is 4. The molecule has 2 atom stereocenters. The molecule has 0 N–H and O–H groups in total. The van der Waals surface area contributed by atoms with Crippen molar-refractivity contribution >= 4 is 17.9 Å². The molecule has 0 radical (unpaired) electrons. The number of hydrogen-bond donors (Lipinski definition) is 0. The van der Waals surface area contributed by atoms with Crippen molar-refractivity contribution in [2.45, 2.75) is 58.5 Å². The summed E-state index contributed by atoms with van der Waals surface area (Å²) in [7, 11) is 0. The summed E-state index contributed by atoms with van der Waals surface area (Å²) in [5.74, 6) is 1.63. The summed E-state index contributed by atoms with van der Waals surface area (Å²) in [6.07, 6.45) is 7.96. The van der Waals surface area contributed by atoms with E-state index in [1.165, 1.54) is 25.1 Å². The Hall–Kier alpha value is -4.42. The van der Waals surface area contributed by atoms with Gasteiger partial charge in [-0.05, 0) is 79.1 Å². The number of aldehydes is 1. The second-order valence-electron chi connectivity index (χ2n) is 12.1. The quantitative estimate of drug-likeness (QED) is 0.108. The van der Waals surface area contributed by atoms with E-state index in [4.69, 9.17) is 35.8 Å². The van der Waals surface area contributed by atoms with Crippen molar-refractivity contribution in [3.05, 3.63) is 105 Å². The van der Waals surface area contributed by atoms with E-state index in [0.29, 0.717) is 58.3 Å². The Morgan fingerprint density at radius 3 is 2.45 bits per heavy atom. The lowest BCUT2D eigenvalue weighted by molar-refractivity contribution is -0.0391. The third-order valence-electron chi connectivity index (χ3n) is 8.91. The first kappa shape index (κ1) is 32.5. The molecule has 6 rings (SSSR count). The van der Waals surface area contributed by atoms with Gasteiger partial charge in [-0.15, -0.1) is 0 Å². The fourth-order valence-corrected chi connectivity index (χ4v) is 6.59. The molecule has 1 aromatic heterocycles. The van der Waals surface area contributed by atoms with Crippen molar-refractivity contribution in [1.82, 2.24) is 9.88 Å². The number of carbonyl (C=O) groups excluding carboxylic acids is 1. The molecular weight excluding hydrogens is 614 g/mol. The standard InChI is InChI=1S/C38H38ClN3O5/c1-25-29(24-46-38-16-37(30(22-43)15-35(38)39)45-23-28-14-27(17-40)18-41-19-28)6-3-7-33(25)34-8-4-9-36(26(34)2)44-13-5-12-42-20-31-10-11-32(21-42)47-31/h3-4,6-9,14-16,18-19,22,31-32H,5,10-13,20-21,23-24H2,1-2H3/t31-,32+. The van der Waals surface area contributed by atoms with Crippen LogP contribution in [-0.4, -0.2) is 54.6 Å². The molecule has 0 saturated carbocycles. The molecule has 47 heavy (non-hydrogen) atoms. The first-order valence-corrected chi connectivity index (χ1v) is 16.4. The highest BCUT2D eigenvalue weighted by Crippen LogP contribution is 2.36. The van der Waals surface area contributed by atoms with Crippen molar-refractivity contribution in [3.63, 3.8) is 0 Å². The van der Waals surface area contributed by atoms with Crippen LogP contribution in [-0.2, 0) is 18.0 Å². The topological polar surface area (TPSA) is 93.9 Å². The van der Waals surface area contributed by atoms with Gasteiger partial charge in [0.1, 0.15) is 36.5 Å². The second-order valence-corrected chi connectivity index (χ2v) is 12.6.